The Morgan fingerprint density at radius 1 is 1.29 bits per heavy atom. The number of nitrogens with zero attached hydrogens (tertiary/aromatic N) is 2. The SMILES string of the molecule is CCCCNC1=NN=C(c2ccc3[nH]c(=O)[nH]c3c2)CS1. The summed E-state index contributed by atoms with van der Waals surface area (Å²) in [4.78, 5) is 16.8. The van der Waals surface area contributed by atoms with E-state index in [0.717, 1.165) is 52.6 Å². The van der Waals surface area contributed by atoms with Crippen molar-refractivity contribution in [2.24, 2.45) is 10.2 Å². The third-order valence-electron chi connectivity index (χ3n) is 3.26. The number of nitrogens with one attached hydrogen (secondary N) is 3. The summed E-state index contributed by atoms with van der Waals surface area (Å²) in [6, 6.07) is 5.77. The summed E-state index contributed by atoms with van der Waals surface area (Å²) < 4.78 is 0. The van der Waals surface area contributed by atoms with Gasteiger partial charge in [0.2, 0.25) is 0 Å². The number of benzene rings is 1. The zero-order valence-electron chi connectivity index (χ0n) is 11.8. The van der Waals surface area contributed by atoms with E-state index < -0.39 is 0 Å². The Labute approximate surface area is 126 Å². The van der Waals surface area contributed by atoms with E-state index in [2.05, 4.69) is 32.4 Å². The smallest absolute Gasteiger partial charge is 0.323 e. The first-order chi connectivity index (χ1) is 10.3. The minimum Gasteiger partial charge on any atom is -0.363 e. The molecule has 1 aromatic carbocycles. The first-order valence-electron chi connectivity index (χ1n) is 7.00. The molecule has 0 atom stereocenters. The van der Waals surface area contributed by atoms with Gasteiger partial charge in [0.1, 0.15) is 0 Å². The summed E-state index contributed by atoms with van der Waals surface area (Å²) in [6.45, 7) is 3.10. The molecule has 7 heteroatoms. The number of aromatic amines is 2. The molecule has 0 bridgehead atoms. The van der Waals surface area contributed by atoms with Crippen LogP contribution in [0.5, 0.6) is 0 Å². The van der Waals surface area contributed by atoms with Gasteiger partial charge in [0.05, 0.1) is 16.7 Å². The molecule has 0 amide bonds. The fourth-order valence-corrected chi connectivity index (χ4v) is 2.91. The molecule has 1 aliphatic rings. The van der Waals surface area contributed by atoms with Gasteiger partial charge < -0.3 is 15.3 Å². The van der Waals surface area contributed by atoms with Gasteiger partial charge in [-0.25, -0.2) is 4.79 Å². The van der Waals surface area contributed by atoms with Crippen LogP contribution in [0.2, 0.25) is 0 Å². The molecule has 0 saturated heterocycles. The summed E-state index contributed by atoms with van der Waals surface area (Å²) in [7, 11) is 0. The van der Waals surface area contributed by atoms with Gasteiger partial charge in [0.25, 0.3) is 0 Å². The average Bonchev–Trinajstić information content (AvgIpc) is 2.87. The third-order valence-corrected chi connectivity index (χ3v) is 4.18. The van der Waals surface area contributed by atoms with Crippen LogP contribution < -0.4 is 11.0 Å². The minimum absolute atomic E-state index is 0.192. The second-order valence-corrected chi connectivity index (χ2v) is 5.82. The van der Waals surface area contributed by atoms with E-state index in [1.165, 1.54) is 0 Å². The Kier molecular flexibility index (Phi) is 4.10. The van der Waals surface area contributed by atoms with Crippen molar-refractivity contribution in [1.82, 2.24) is 15.3 Å². The predicted octanol–water partition coefficient (Wildman–Crippen LogP) is 2.05. The van der Waals surface area contributed by atoms with Gasteiger partial charge in [0.15, 0.2) is 5.17 Å². The molecule has 6 nitrogen and oxygen atoms in total. The number of aromatic nitrogens is 2. The average molecular weight is 303 g/mol. The first-order valence-corrected chi connectivity index (χ1v) is 7.98. The summed E-state index contributed by atoms with van der Waals surface area (Å²) in [6.07, 6.45) is 2.29. The second kappa shape index (κ2) is 6.17. The van der Waals surface area contributed by atoms with Crippen LogP contribution in [0.1, 0.15) is 25.3 Å². The molecule has 0 fully saturated rings. The molecule has 0 spiro atoms. The number of hydrogen-bond acceptors (Lipinski definition) is 5. The molecule has 0 saturated carbocycles. The van der Waals surface area contributed by atoms with E-state index in [1.54, 1.807) is 11.8 Å². The predicted molar refractivity (Wildman–Crippen MR) is 88.3 cm³/mol. The molecule has 2 aromatic rings. The highest BCUT2D eigenvalue weighted by Gasteiger charge is 2.13. The number of imidazole rings is 1. The van der Waals surface area contributed by atoms with Crippen molar-refractivity contribution < 1.29 is 0 Å². The van der Waals surface area contributed by atoms with Crippen LogP contribution in [-0.2, 0) is 0 Å². The van der Waals surface area contributed by atoms with Crippen LogP contribution in [0, 0.1) is 0 Å². The van der Waals surface area contributed by atoms with Crippen molar-refractivity contribution in [3.05, 3.63) is 34.2 Å². The molecule has 110 valence electrons. The largest absolute Gasteiger partial charge is 0.363 e. The van der Waals surface area contributed by atoms with Crippen molar-refractivity contribution in [2.45, 2.75) is 19.8 Å². The molecule has 3 rings (SSSR count). The topological polar surface area (TPSA) is 85.4 Å². The summed E-state index contributed by atoms with van der Waals surface area (Å²) in [5.74, 6) is 0.776. The quantitative estimate of drug-likeness (QED) is 0.756. The lowest BCUT2D eigenvalue weighted by atomic mass is 10.1. The van der Waals surface area contributed by atoms with Crippen molar-refractivity contribution in [2.75, 3.05) is 12.3 Å². The maximum atomic E-state index is 11.3. The maximum Gasteiger partial charge on any atom is 0.323 e. The fraction of sp³-hybridized carbons (Fsp3) is 0.357. The molecular formula is C14H17N5OS. The van der Waals surface area contributed by atoms with Gasteiger partial charge in [-0.3, -0.25) is 0 Å². The number of hydrogen-bond donors (Lipinski definition) is 3. The van der Waals surface area contributed by atoms with Gasteiger partial charge in [-0.15, -0.1) is 5.10 Å². The Bertz CT molecular complexity index is 758. The molecule has 0 aliphatic carbocycles. The van der Waals surface area contributed by atoms with Crippen molar-refractivity contribution in [1.29, 1.82) is 0 Å². The lowest BCUT2D eigenvalue weighted by molar-refractivity contribution is 0.757. The zero-order chi connectivity index (χ0) is 14.7. The van der Waals surface area contributed by atoms with Crippen LogP contribution in [0.3, 0.4) is 0 Å². The summed E-state index contributed by atoms with van der Waals surface area (Å²) >= 11 is 1.66. The number of rotatable bonds is 4. The molecule has 21 heavy (non-hydrogen) atoms. The Hall–Kier alpha value is -2.02. The normalized spacial score (nSPS) is 14.9. The molecule has 0 unspecified atom stereocenters. The minimum atomic E-state index is -0.192. The second-order valence-electron chi connectivity index (χ2n) is 4.86. The number of H-pyrrole nitrogens is 2. The molecular weight excluding hydrogens is 286 g/mol. The fourth-order valence-electron chi connectivity index (χ4n) is 2.11. The molecule has 1 aromatic heterocycles. The number of fused-ring (bicyclic) bond motifs is 1. The van der Waals surface area contributed by atoms with E-state index >= 15 is 0 Å². The van der Waals surface area contributed by atoms with Crippen LogP contribution in [0.15, 0.2) is 33.2 Å². The number of unbranched alkanes of at least 4 members (excludes halogenated alkanes) is 1. The van der Waals surface area contributed by atoms with E-state index in [4.69, 9.17) is 0 Å². The van der Waals surface area contributed by atoms with Crippen molar-refractivity contribution >= 4 is 33.7 Å². The maximum absolute atomic E-state index is 11.3. The van der Waals surface area contributed by atoms with Crippen molar-refractivity contribution in [3.63, 3.8) is 0 Å². The highest BCUT2D eigenvalue weighted by molar-refractivity contribution is 8.14. The van der Waals surface area contributed by atoms with Gasteiger partial charge in [-0.2, -0.15) is 5.10 Å². The Morgan fingerprint density at radius 3 is 2.90 bits per heavy atom. The number of thioether (sulfide) groups is 1. The Morgan fingerprint density at radius 2 is 2.14 bits per heavy atom. The van der Waals surface area contributed by atoms with Crippen LogP contribution >= 0.6 is 11.8 Å². The van der Waals surface area contributed by atoms with E-state index in [1.807, 2.05) is 18.2 Å². The van der Waals surface area contributed by atoms with Crippen molar-refractivity contribution in [3.8, 4) is 0 Å². The van der Waals surface area contributed by atoms with Crippen LogP contribution in [0.25, 0.3) is 11.0 Å². The molecule has 0 radical (unpaired) electrons. The zero-order valence-corrected chi connectivity index (χ0v) is 12.6. The standard InChI is InChI=1S/C14H17N5OS/c1-2-3-6-15-14-19-18-12(8-21-14)9-4-5-10-11(7-9)17-13(20)16-10/h4-5,7H,2-3,6,8H2,1H3,(H,15,19)(H2,16,17,20). The lowest BCUT2D eigenvalue weighted by Gasteiger charge is -2.13. The van der Waals surface area contributed by atoms with E-state index in [9.17, 15) is 4.79 Å². The summed E-state index contributed by atoms with van der Waals surface area (Å²) in [5, 5.41) is 12.7. The van der Waals surface area contributed by atoms with E-state index in [-0.39, 0.29) is 5.69 Å². The first kappa shape index (κ1) is 13.9. The Balaban J connectivity index is 1.78. The molecule has 2 heterocycles. The van der Waals surface area contributed by atoms with Crippen LogP contribution in [-0.4, -0.2) is 33.1 Å². The molecule has 3 N–H and O–H groups in total. The van der Waals surface area contributed by atoms with Crippen LogP contribution in [0.4, 0.5) is 0 Å². The summed E-state index contributed by atoms with van der Waals surface area (Å²) in [5.41, 5.74) is 3.31. The highest BCUT2D eigenvalue weighted by Crippen LogP contribution is 2.17. The van der Waals surface area contributed by atoms with Gasteiger partial charge in [0, 0.05) is 17.9 Å². The monoisotopic (exact) mass is 303 g/mol. The lowest BCUT2D eigenvalue weighted by Crippen LogP contribution is -2.25. The highest BCUT2D eigenvalue weighted by atomic mass is 32.2. The van der Waals surface area contributed by atoms with Gasteiger partial charge in [-0.1, -0.05) is 31.2 Å². The third kappa shape index (κ3) is 3.18. The van der Waals surface area contributed by atoms with E-state index in [0.29, 0.717) is 0 Å². The van der Waals surface area contributed by atoms with Gasteiger partial charge >= 0.3 is 5.69 Å². The number of amidine groups is 1. The molecule has 1 aliphatic heterocycles. The van der Waals surface area contributed by atoms with Gasteiger partial charge in [-0.05, 0) is 18.6 Å².